The standard InChI is InChI=1S/C21H24N6O2S/c1-13-18(30-12-22-13)11-26-8-14-7-19-24-25-20(27(19)10-15(14)9-26)21(28)23-16-3-5-17(29-2)6-4-16/h3-6,12,14-15H,7-11H2,1-2H3,(H,23,28)/t14-,15-/m0/s1. The number of amides is 1. The molecule has 0 bridgehead atoms. The van der Waals surface area contributed by atoms with Gasteiger partial charge in [0.15, 0.2) is 0 Å². The van der Waals surface area contributed by atoms with Crippen molar-refractivity contribution in [3.05, 3.63) is 52.0 Å². The molecular formula is C21H24N6O2S. The molecule has 1 aromatic carbocycles. The van der Waals surface area contributed by atoms with Crippen LogP contribution in [-0.4, -0.2) is 50.8 Å². The molecule has 156 valence electrons. The monoisotopic (exact) mass is 424 g/mol. The Kier molecular flexibility index (Phi) is 5.00. The van der Waals surface area contributed by atoms with Crippen LogP contribution in [0.5, 0.6) is 5.75 Å². The summed E-state index contributed by atoms with van der Waals surface area (Å²) in [5, 5.41) is 11.4. The van der Waals surface area contributed by atoms with Crippen molar-refractivity contribution in [2.75, 3.05) is 25.5 Å². The number of likely N-dealkylation sites (tertiary alicyclic amines) is 1. The summed E-state index contributed by atoms with van der Waals surface area (Å²) >= 11 is 1.73. The minimum atomic E-state index is -0.229. The molecule has 5 rings (SSSR count). The molecule has 9 heteroatoms. The van der Waals surface area contributed by atoms with Gasteiger partial charge in [0.05, 0.1) is 18.3 Å². The van der Waals surface area contributed by atoms with Gasteiger partial charge in [-0.1, -0.05) is 0 Å². The Bertz CT molecular complexity index is 1060. The predicted molar refractivity (Wildman–Crippen MR) is 114 cm³/mol. The van der Waals surface area contributed by atoms with Crippen LogP contribution in [0, 0.1) is 18.8 Å². The number of carbonyl (C=O) groups is 1. The lowest BCUT2D eigenvalue weighted by atomic mass is 9.89. The maximum absolute atomic E-state index is 12.8. The molecule has 2 aliphatic rings. The first-order valence-electron chi connectivity index (χ1n) is 10.1. The Balaban J connectivity index is 1.27. The third kappa shape index (κ3) is 3.59. The molecule has 0 saturated carbocycles. The molecule has 0 aliphatic carbocycles. The minimum absolute atomic E-state index is 0.229. The molecule has 1 N–H and O–H groups in total. The summed E-state index contributed by atoms with van der Waals surface area (Å²) in [5.74, 6) is 2.88. The molecule has 2 aromatic heterocycles. The molecule has 8 nitrogen and oxygen atoms in total. The summed E-state index contributed by atoms with van der Waals surface area (Å²) in [6, 6.07) is 7.27. The van der Waals surface area contributed by atoms with Crippen LogP contribution < -0.4 is 10.1 Å². The molecule has 0 unspecified atom stereocenters. The van der Waals surface area contributed by atoms with Crippen molar-refractivity contribution < 1.29 is 9.53 Å². The van der Waals surface area contributed by atoms with E-state index < -0.39 is 0 Å². The first-order chi connectivity index (χ1) is 14.6. The Morgan fingerprint density at radius 2 is 2.00 bits per heavy atom. The zero-order valence-corrected chi connectivity index (χ0v) is 17.9. The van der Waals surface area contributed by atoms with Gasteiger partial charge in [0.1, 0.15) is 11.6 Å². The van der Waals surface area contributed by atoms with Crippen molar-refractivity contribution in [1.82, 2.24) is 24.6 Å². The number of rotatable bonds is 5. The number of aromatic nitrogens is 4. The van der Waals surface area contributed by atoms with Crippen molar-refractivity contribution in [3.63, 3.8) is 0 Å². The second-order valence-electron chi connectivity index (χ2n) is 8.01. The highest BCUT2D eigenvalue weighted by molar-refractivity contribution is 7.09. The van der Waals surface area contributed by atoms with Gasteiger partial charge in [-0.2, -0.15) is 0 Å². The van der Waals surface area contributed by atoms with Crippen LogP contribution in [-0.2, 0) is 19.5 Å². The van der Waals surface area contributed by atoms with E-state index in [0.29, 0.717) is 23.3 Å². The lowest BCUT2D eigenvalue weighted by Crippen LogP contribution is -2.31. The molecule has 30 heavy (non-hydrogen) atoms. The van der Waals surface area contributed by atoms with Crippen LogP contribution in [0.15, 0.2) is 29.8 Å². The predicted octanol–water partition coefficient (Wildman–Crippen LogP) is 2.61. The second kappa shape index (κ2) is 7.81. The average molecular weight is 425 g/mol. The van der Waals surface area contributed by atoms with Crippen molar-refractivity contribution >= 4 is 22.9 Å². The zero-order valence-electron chi connectivity index (χ0n) is 17.0. The SMILES string of the molecule is COc1ccc(NC(=O)c2nnc3n2C[C@@H]2CN(Cc4scnc4C)C[C@@H]2C3)cc1. The summed E-state index contributed by atoms with van der Waals surface area (Å²) in [6.07, 6.45) is 0.867. The number of aryl methyl sites for hydroxylation is 1. The third-order valence-electron chi connectivity index (χ3n) is 6.10. The fourth-order valence-electron chi connectivity index (χ4n) is 4.46. The van der Waals surface area contributed by atoms with Crippen LogP contribution >= 0.6 is 11.3 Å². The number of carbonyl (C=O) groups excluding carboxylic acids is 1. The van der Waals surface area contributed by atoms with Crippen molar-refractivity contribution in [2.24, 2.45) is 11.8 Å². The lowest BCUT2D eigenvalue weighted by Gasteiger charge is -2.25. The highest BCUT2D eigenvalue weighted by Gasteiger charge is 2.39. The minimum Gasteiger partial charge on any atom is -0.497 e. The summed E-state index contributed by atoms with van der Waals surface area (Å²) in [7, 11) is 1.62. The van der Waals surface area contributed by atoms with E-state index in [9.17, 15) is 4.79 Å². The van der Waals surface area contributed by atoms with Gasteiger partial charge in [0.2, 0.25) is 5.82 Å². The number of benzene rings is 1. The molecule has 1 amide bonds. The van der Waals surface area contributed by atoms with Gasteiger partial charge in [0, 0.05) is 43.2 Å². The number of nitrogens with zero attached hydrogens (tertiary/aromatic N) is 5. The number of ether oxygens (including phenoxy) is 1. The molecule has 1 fully saturated rings. The van der Waals surface area contributed by atoms with E-state index in [4.69, 9.17) is 4.74 Å². The highest BCUT2D eigenvalue weighted by Crippen LogP contribution is 2.34. The van der Waals surface area contributed by atoms with Crippen molar-refractivity contribution in [2.45, 2.75) is 26.4 Å². The van der Waals surface area contributed by atoms with Crippen LogP contribution in [0.3, 0.4) is 0 Å². The topological polar surface area (TPSA) is 85.2 Å². The number of methoxy groups -OCH3 is 1. The van der Waals surface area contributed by atoms with E-state index in [-0.39, 0.29) is 5.91 Å². The zero-order chi connectivity index (χ0) is 20.7. The lowest BCUT2D eigenvalue weighted by molar-refractivity contribution is 0.100. The molecular weight excluding hydrogens is 400 g/mol. The van der Waals surface area contributed by atoms with Gasteiger partial charge in [-0.15, -0.1) is 21.5 Å². The maximum Gasteiger partial charge on any atom is 0.293 e. The molecule has 0 radical (unpaired) electrons. The second-order valence-corrected chi connectivity index (χ2v) is 8.95. The largest absolute Gasteiger partial charge is 0.497 e. The average Bonchev–Trinajstić information content (AvgIpc) is 3.45. The molecule has 2 aliphatic heterocycles. The van der Waals surface area contributed by atoms with Crippen molar-refractivity contribution in [3.8, 4) is 5.75 Å². The number of anilines is 1. The number of thiazole rings is 1. The van der Waals surface area contributed by atoms with Gasteiger partial charge < -0.3 is 14.6 Å². The van der Waals surface area contributed by atoms with E-state index in [1.54, 1.807) is 18.4 Å². The fraction of sp³-hybridized carbons (Fsp3) is 0.429. The quantitative estimate of drug-likeness (QED) is 0.678. The van der Waals surface area contributed by atoms with E-state index in [1.807, 2.05) is 34.3 Å². The normalized spacial score (nSPS) is 20.6. The van der Waals surface area contributed by atoms with E-state index in [2.05, 4.69) is 32.3 Å². The van der Waals surface area contributed by atoms with Gasteiger partial charge in [0.25, 0.3) is 5.91 Å². The van der Waals surface area contributed by atoms with Gasteiger partial charge >= 0.3 is 0 Å². The summed E-state index contributed by atoms with van der Waals surface area (Å²) in [6.45, 7) is 5.90. The first-order valence-corrected chi connectivity index (χ1v) is 11.0. The van der Waals surface area contributed by atoms with Crippen LogP contribution in [0.4, 0.5) is 5.69 Å². The summed E-state index contributed by atoms with van der Waals surface area (Å²) in [5.41, 5.74) is 3.76. The van der Waals surface area contributed by atoms with Gasteiger partial charge in [-0.3, -0.25) is 9.69 Å². The van der Waals surface area contributed by atoms with Crippen molar-refractivity contribution in [1.29, 1.82) is 0 Å². The number of hydrogen-bond acceptors (Lipinski definition) is 7. The fourth-order valence-corrected chi connectivity index (χ4v) is 5.28. The Labute approximate surface area is 178 Å². The molecule has 2 atom stereocenters. The van der Waals surface area contributed by atoms with Gasteiger partial charge in [-0.05, 0) is 43.0 Å². The van der Waals surface area contributed by atoms with Gasteiger partial charge in [-0.25, -0.2) is 4.98 Å². The highest BCUT2D eigenvalue weighted by atomic mass is 32.1. The number of nitrogens with one attached hydrogen (secondary N) is 1. The summed E-state index contributed by atoms with van der Waals surface area (Å²) < 4.78 is 7.16. The molecule has 3 aromatic rings. The number of fused-ring (bicyclic) bond motifs is 2. The van der Waals surface area contributed by atoms with E-state index in [0.717, 1.165) is 49.9 Å². The molecule has 0 spiro atoms. The third-order valence-corrected chi connectivity index (χ3v) is 7.02. The Hall–Kier alpha value is -2.78. The smallest absolute Gasteiger partial charge is 0.293 e. The molecule has 4 heterocycles. The Morgan fingerprint density at radius 3 is 2.73 bits per heavy atom. The van der Waals surface area contributed by atoms with Crippen LogP contribution in [0.25, 0.3) is 0 Å². The summed E-state index contributed by atoms with van der Waals surface area (Å²) in [4.78, 5) is 21.0. The van der Waals surface area contributed by atoms with Crippen LogP contribution in [0.2, 0.25) is 0 Å². The van der Waals surface area contributed by atoms with E-state index >= 15 is 0 Å². The van der Waals surface area contributed by atoms with Crippen LogP contribution in [0.1, 0.15) is 27.0 Å². The maximum atomic E-state index is 12.8. The number of hydrogen-bond donors (Lipinski definition) is 1. The van der Waals surface area contributed by atoms with E-state index in [1.165, 1.54) is 4.88 Å². The molecule has 1 saturated heterocycles. The Morgan fingerprint density at radius 1 is 1.20 bits per heavy atom. The first kappa shape index (κ1) is 19.2.